The summed E-state index contributed by atoms with van der Waals surface area (Å²) in [5.74, 6) is -2.29. The Labute approximate surface area is 103 Å². The van der Waals surface area contributed by atoms with Crippen molar-refractivity contribution in [2.45, 2.75) is 19.8 Å². The Kier molecular flexibility index (Phi) is 3.40. The number of hydrogen-bond donors (Lipinski definition) is 2. The zero-order valence-corrected chi connectivity index (χ0v) is 9.79. The summed E-state index contributed by atoms with van der Waals surface area (Å²) in [7, 11) is 0. The lowest BCUT2D eigenvalue weighted by molar-refractivity contribution is -0.146. The molecular formula is C11H13N3O4. The third kappa shape index (κ3) is 2.55. The van der Waals surface area contributed by atoms with Gasteiger partial charge in [0.15, 0.2) is 5.82 Å². The van der Waals surface area contributed by atoms with E-state index in [0.717, 1.165) is 0 Å². The van der Waals surface area contributed by atoms with Crippen molar-refractivity contribution in [3.8, 4) is 0 Å². The van der Waals surface area contributed by atoms with E-state index < -0.39 is 23.7 Å². The summed E-state index contributed by atoms with van der Waals surface area (Å²) in [6, 6.07) is -0.00353. The van der Waals surface area contributed by atoms with Gasteiger partial charge in [-0.2, -0.15) is 4.98 Å². The molecule has 7 heteroatoms. The number of amides is 1. The summed E-state index contributed by atoms with van der Waals surface area (Å²) in [5.41, 5.74) is 0. The molecule has 0 bridgehead atoms. The van der Waals surface area contributed by atoms with Crippen molar-refractivity contribution in [1.82, 2.24) is 10.1 Å². The molecule has 0 aliphatic heterocycles. The van der Waals surface area contributed by atoms with Crippen LogP contribution in [0.2, 0.25) is 0 Å². The number of hydrogen-bond acceptors (Lipinski definition) is 5. The Morgan fingerprint density at radius 2 is 2.06 bits per heavy atom. The van der Waals surface area contributed by atoms with Gasteiger partial charge in [-0.15, -0.1) is 0 Å². The second kappa shape index (κ2) is 4.99. The zero-order valence-electron chi connectivity index (χ0n) is 9.79. The number of carbonyl (C=O) groups is 2. The Morgan fingerprint density at radius 1 is 1.39 bits per heavy atom. The van der Waals surface area contributed by atoms with E-state index in [0.29, 0.717) is 18.7 Å². The minimum Gasteiger partial charge on any atom is -0.481 e. The van der Waals surface area contributed by atoms with Gasteiger partial charge in [-0.05, 0) is 19.8 Å². The minimum atomic E-state index is -0.971. The van der Waals surface area contributed by atoms with Gasteiger partial charge in [-0.25, -0.2) is 0 Å². The molecule has 2 N–H and O–H groups in total. The highest BCUT2D eigenvalue weighted by Crippen LogP contribution is 2.26. The molecule has 1 aromatic heterocycles. The molecule has 2 unspecified atom stereocenters. The molecule has 0 radical (unpaired) electrons. The van der Waals surface area contributed by atoms with Crippen LogP contribution in [0.25, 0.3) is 0 Å². The third-order valence-electron chi connectivity index (χ3n) is 2.84. The van der Waals surface area contributed by atoms with Crippen LogP contribution >= 0.6 is 0 Å². The molecule has 0 saturated heterocycles. The summed E-state index contributed by atoms with van der Waals surface area (Å²) in [4.78, 5) is 26.9. The van der Waals surface area contributed by atoms with Gasteiger partial charge in [-0.3, -0.25) is 14.9 Å². The topological polar surface area (TPSA) is 105 Å². The monoisotopic (exact) mass is 251 g/mol. The Hall–Kier alpha value is -2.18. The number of carbonyl (C=O) groups excluding carboxylic acids is 1. The van der Waals surface area contributed by atoms with Crippen molar-refractivity contribution < 1.29 is 19.2 Å². The lowest BCUT2D eigenvalue weighted by Gasteiger charge is -2.23. The van der Waals surface area contributed by atoms with Crippen molar-refractivity contribution in [1.29, 1.82) is 0 Å². The number of anilines is 1. The number of allylic oxidation sites excluding steroid dienone is 2. The number of carboxylic acid groups (broad SMARTS) is 1. The molecular weight excluding hydrogens is 238 g/mol. The second-order valence-corrected chi connectivity index (χ2v) is 4.13. The van der Waals surface area contributed by atoms with Gasteiger partial charge in [0, 0.05) is 0 Å². The molecule has 2 rings (SSSR count). The maximum Gasteiger partial charge on any atom is 0.328 e. The van der Waals surface area contributed by atoms with E-state index in [4.69, 9.17) is 9.63 Å². The SMILES string of the molecule is Cc1noc(NC(=O)C2CC=CCC2C(=O)O)n1. The molecule has 0 aromatic carbocycles. The number of aliphatic carboxylic acids is 1. The van der Waals surface area contributed by atoms with E-state index in [9.17, 15) is 9.59 Å². The molecule has 1 aliphatic rings. The highest BCUT2D eigenvalue weighted by Gasteiger charge is 2.34. The molecule has 2 atom stereocenters. The zero-order chi connectivity index (χ0) is 13.1. The summed E-state index contributed by atoms with van der Waals surface area (Å²) < 4.78 is 4.76. The first-order valence-corrected chi connectivity index (χ1v) is 5.57. The molecule has 0 fully saturated rings. The van der Waals surface area contributed by atoms with Crippen LogP contribution in [0.3, 0.4) is 0 Å². The molecule has 18 heavy (non-hydrogen) atoms. The van der Waals surface area contributed by atoms with Crippen LogP contribution in [0.15, 0.2) is 16.7 Å². The average molecular weight is 251 g/mol. The van der Waals surface area contributed by atoms with Crippen LogP contribution in [0.5, 0.6) is 0 Å². The van der Waals surface area contributed by atoms with Crippen molar-refractivity contribution >= 4 is 17.9 Å². The number of nitrogens with one attached hydrogen (secondary N) is 1. The van der Waals surface area contributed by atoms with Crippen LogP contribution in [0.4, 0.5) is 6.01 Å². The summed E-state index contributed by atoms with van der Waals surface area (Å²) >= 11 is 0. The number of nitrogens with zero attached hydrogens (tertiary/aromatic N) is 2. The summed E-state index contributed by atoms with van der Waals surface area (Å²) in [6.07, 6.45) is 4.34. The Bertz CT molecular complexity index is 494. The highest BCUT2D eigenvalue weighted by atomic mass is 16.5. The molecule has 1 amide bonds. The molecule has 1 aliphatic carbocycles. The van der Waals surface area contributed by atoms with E-state index in [2.05, 4.69) is 15.5 Å². The van der Waals surface area contributed by atoms with Crippen molar-refractivity contribution in [2.75, 3.05) is 5.32 Å². The summed E-state index contributed by atoms with van der Waals surface area (Å²) in [6.45, 7) is 1.63. The lowest BCUT2D eigenvalue weighted by atomic mass is 9.82. The van der Waals surface area contributed by atoms with E-state index in [-0.39, 0.29) is 6.01 Å². The van der Waals surface area contributed by atoms with E-state index in [1.54, 1.807) is 13.0 Å². The smallest absolute Gasteiger partial charge is 0.328 e. The first-order chi connectivity index (χ1) is 8.58. The number of rotatable bonds is 3. The molecule has 1 aromatic rings. The number of aromatic nitrogens is 2. The predicted molar refractivity (Wildman–Crippen MR) is 60.7 cm³/mol. The van der Waals surface area contributed by atoms with Gasteiger partial charge in [0.2, 0.25) is 5.91 Å². The first-order valence-electron chi connectivity index (χ1n) is 5.57. The fourth-order valence-electron chi connectivity index (χ4n) is 1.92. The van der Waals surface area contributed by atoms with Crippen LogP contribution < -0.4 is 5.32 Å². The second-order valence-electron chi connectivity index (χ2n) is 4.13. The molecule has 1 heterocycles. The van der Waals surface area contributed by atoms with E-state index in [1.807, 2.05) is 6.08 Å². The Morgan fingerprint density at radius 3 is 2.61 bits per heavy atom. The lowest BCUT2D eigenvalue weighted by Crippen LogP contribution is -2.34. The van der Waals surface area contributed by atoms with Crippen molar-refractivity contribution in [3.63, 3.8) is 0 Å². The average Bonchev–Trinajstić information content (AvgIpc) is 2.74. The van der Waals surface area contributed by atoms with E-state index >= 15 is 0 Å². The molecule has 0 saturated carbocycles. The van der Waals surface area contributed by atoms with Crippen molar-refractivity contribution in [2.24, 2.45) is 11.8 Å². The van der Waals surface area contributed by atoms with Gasteiger partial charge in [0.25, 0.3) is 0 Å². The number of aryl methyl sites for hydroxylation is 1. The normalized spacial score (nSPS) is 22.7. The largest absolute Gasteiger partial charge is 0.481 e. The predicted octanol–water partition coefficient (Wildman–Crippen LogP) is 0.984. The third-order valence-corrected chi connectivity index (χ3v) is 2.84. The molecule has 0 spiro atoms. The fourth-order valence-corrected chi connectivity index (χ4v) is 1.92. The van der Waals surface area contributed by atoms with Gasteiger partial charge >= 0.3 is 12.0 Å². The summed E-state index contributed by atoms with van der Waals surface area (Å²) in [5, 5.41) is 15.0. The van der Waals surface area contributed by atoms with Gasteiger partial charge < -0.3 is 9.63 Å². The fraction of sp³-hybridized carbons (Fsp3) is 0.455. The minimum absolute atomic E-state index is 0.00353. The van der Waals surface area contributed by atoms with Crippen LogP contribution in [-0.4, -0.2) is 27.1 Å². The number of carboxylic acids is 1. The first kappa shape index (κ1) is 12.3. The molecule has 96 valence electrons. The quantitative estimate of drug-likeness (QED) is 0.776. The van der Waals surface area contributed by atoms with Crippen LogP contribution in [0, 0.1) is 18.8 Å². The highest BCUT2D eigenvalue weighted by molar-refractivity contribution is 5.93. The van der Waals surface area contributed by atoms with E-state index in [1.165, 1.54) is 0 Å². The van der Waals surface area contributed by atoms with Gasteiger partial charge in [-0.1, -0.05) is 17.3 Å². The van der Waals surface area contributed by atoms with Crippen LogP contribution in [-0.2, 0) is 9.59 Å². The van der Waals surface area contributed by atoms with Crippen molar-refractivity contribution in [3.05, 3.63) is 18.0 Å². The van der Waals surface area contributed by atoms with Gasteiger partial charge in [0.1, 0.15) is 0 Å². The van der Waals surface area contributed by atoms with Gasteiger partial charge in [0.05, 0.1) is 11.8 Å². The standard InChI is InChI=1S/C11H13N3O4/c1-6-12-11(18-14-6)13-9(15)7-4-2-3-5-8(7)10(16)17/h2-3,7-8H,4-5H2,1H3,(H,16,17)(H,12,13,14,15). The molecule has 7 nitrogen and oxygen atoms in total. The Balaban J connectivity index is 2.07. The maximum atomic E-state index is 12.0. The van der Waals surface area contributed by atoms with Crippen LogP contribution in [0.1, 0.15) is 18.7 Å². The maximum absolute atomic E-state index is 12.0.